The van der Waals surface area contributed by atoms with Crippen molar-refractivity contribution in [1.29, 1.82) is 0 Å². The monoisotopic (exact) mass is 281 g/mol. The Morgan fingerprint density at radius 1 is 1.53 bits per heavy atom. The minimum absolute atomic E-state index is 0.107. The van der Waals surface area contributed by atoms with Gasteiger partial charge in [0.05, 0.1) is 0 Å². The zero-order valence-corrected chi connectivity index (χ0v) is 12.5. The van der Waals surface area contributed by atoms with Gasteiger partial charge in [-0.1, -0.05) is 13.8 Å². The van der Waals surface area contributed by atoms with E-state index >= 15 is 0 Å². The van der Waals surface area contributed by atoms with Crippen molar-refractivity contribution in [2.75, 3.05) is 18.8 Å². The standard InChI is InChI=1S/C14H23N3OS/c1-10(2)14(18)17-6-3-11(4-7-17)16-9-13-12(15)5-8-19-13/h5,8,10-11,16H,3-4,6-7,9,15H2,1-2H3. The molecule has 1 fully saturated rings. The van der Waals surface area contributed by atoms with E-state index < -0.39 is 0 Å². The van der Waals surface area contributed by atoms with E-state index in [1.165, 1.54) is 4.88 Å². The molecular weight excluding hydrogens is 258 g/mol. The number of hydrogen-bond donors (Lipinski definition) is 2. The summed E-state index contributed by atoms with van der Waals surface area (Å²) >= 11 is 1.70. The number of piperidine rings is 1. The van der Waals surface area contributed by atoms with E-state index in [2.05, 4.69) is 5.32 Å². The molecule has 19 heavy (non-hydrogen) atoms. The van der Waals surface area contributed by atoms with Crippen LogP contribution in [0.25, 0.3) is 0 Å². The number of rotatable bonds is 4. The Labute approximate surface area is 119 Å². The molecular formula is C14H23N3OS. The van der Waals surface area contributed by atoms with Crippen molar-refractivity contribution in [3.8, 4) is 0 Å². The summed E-state index contributed by atoms with van der Waals surface area (Å²) < 4.78 is 0. The molecule has 2 rings (SSSR count). The van der Waals surface area contributed by atoms with E-state index in [1.54, 1.807) is 11.3 Å². The minimum atomic E-state index is 0.107. The fourth-order valence-electron chi connectivity index (χ4n) is 2.40. The van der Waals surface area contributed by atoms with Gasteiger partial charge in [0.25, 0.3) is 0 Å². The first-order chi connectivity index (χ1) is 9.08. The number of likely N-dealkylation sites (tertiary alicyclic amines) is 1. The zero-order valence-electron chi connectivity index (χ0n) is 11.7. The predicted octanol–water partition coefficient (Wildman–Crippen LogP) is 2.07. The Hall–Kier alpha value is -1.07. The molecule has 106 valence electrons. The normalized spacial score (nSPS) is 17.1. The number of nitrogen functional groups attached to an aromatic ring is 1. The van der Waals surface area contributed by atoms with Crippen LogP contribution in [0.1, 0.15) is 31.6 Å². The fourth-order valence-corrected chi connectivity index (χ4v) is 3.15. The summed E-state index contributed by atoms with van der Waals surface area (Å²) in [6.45, 7) is 6.51. The second-order valence-corrected chi connectivity index (χ2v) is 6.43. The molecule has 1 aromatic heterocycles. The quantitative estimate of drug-likeness (QED) is 0.888. The van der Waals surface area contributed by atoms with Gasteiger partial charge in [-0.2, -0.15) is 0 Å². The lowest BCUT2D eigenvalue weighted by atomic mass is 10.0. The Morgan fingerprint density at radius 2 is 2.21 bits per heavy atom. The van der Waals surface area contributed by atoms with Gasteiger partial charge in [-0.25, -0.2) is 0 Å². The molecule has 3 N–H and O–H groups in total. The van der Waals surface area contributed by atoms with Gasteiger partial charge in [-0.05, 0) is 24.3 Å². The molecule has 1 amide bonds. The summed E-state index contributed by atoms with van der Waals surface area (Å²) in [6.07, 6.45) is 2.06. The number of nitrogens with one attached hydrogen (secondary N) is 1. The van der Waals surface area contributed by atoms with Gasteiger partial charge in [0.2, 0.25) is 5.91 Å². The number of nitrogens with zero attached hydrogens (tertiary/aromatic N) is 1. The molecule has 0 atom stereocenters. The Balaban J connectivity index is 1.75. The van der Waals surface area contributed by atoms with Crippen molar-refractivity contribution < 1.29 is 4.79 Å². The summed E-state index contributed by atoms with van der Waals surface area (Å²) in [7, 11) is 0. The van der Waals surface area contributed by atoms with Crippen LogP contribution in [0, 0.1) is 5.92 Å². The fraction of sp³-hybridized carbons (Fsp3) is 0.643. The minimum Gasteiger partial charge on any atom is -0.398 e. The molecule has 1 saturated heterocycles. The van der Waals surface area contributed by atoms with Gasteiger partial charge >= 0.3 is 0 Å². The van der Waals surface area contributed by atoms with E-state index in [4.69, 9.17) is 5.73 Å². The highest BCUT2D eigenvalue weighted by molar-refractivity contribution is 7.10. The van der Waals surface area contributed by atoms with E-state index in [0.717, 1.165) is 38.2 Å². The first-order valence-corrected chi connectivity index (χ1v) is 7.80. The van der Waals surface area contributed by atoms with Gasteiger partial charge in [0.1, 0.15) is 0 Å². The van der Waals surface area contributed by atoms with E-state index in [0.29, 0.717) is 6.04 Å². The second kappa shape index (κ2) is 6.39. The van der Waals surface area contributed by atoms with Gasteiger partial charge in [-0.3, -0.25) is 4.79 Å². The zero-order chi connectivity index (χ0) is 13.8. The number of thiophene rings is 1. The lowest BCUT2D eigenvalue weighted by Gasteiger charge is -2.33. The maximum absolute atomic E-state index is 11.9. The summed E-state index contributed by atoms with van der Waals surface area (Å²) in [5, 5.41) is 5.57. The molecule has 1 aliphatic rings. The van der Waals surface area contributed by atoms with Crippen molar-refractivity contribution in [2.45, 2.75) is 39.3 Å². The van der Waals surface area contributed by atoms with Gasteiger partial charge in [-0.15, -0.1) is 11.3 Å². The summed E-state index contributed by atoms with van der Waals surface area (Å²) in [4.78, 5) is 15.1. The van der Waals surface area contributed by atoms with Gasteiger partial charge < -0.3 is 16.0 Å². The molecule has 4 nitrogen and oxygen atoms in total. The van der Waals surface area contributed by atoms with Crippen LogP contribution < -0.4 is 11.1 Å². The molecule has 0 unspecified atom stereocenters. The van der Waals surface area contributed by atoms with E-state index in [9.17, 15) is 4.79 Å². The van der Waals surface area contributed by atoms with Crippen LogP contribution in [-0.4, -0.2) is 29.9 Å². The highest BCUT2D eigenvalue weighted by Gasteiger charge is 2.23. The average molecular weight is 281 g/mol. The number of hydrogen-bond acceptors (Lipinski definition) is 4. The number of anilines is 1. The topological polar surface area (TPSA) is 58.4 Å². The molecule has 0 saturated carbocycles. The summed E-state index contributed by atoms with van der Waals surface area (Å²) in [5.41, 5.74) is 6.75. The molecule has 5 heteroatoms. The number of amides is 1. The predicted molar refractivity (Wildman–Crippen MR) is 80.0 cm³/mol. The van der Waals surface area contributed by atoms with Crippen LogP contribution in [-0.2, 0) is 11.3 Å². The summed E-state index contributed by atoms with van der Waals surface area (Å²) in [6, 6.07) is 2.45. The van der Waals surface area contributed by atoms with Crippen LogP contribution in [0.3, 0.4) is 0 Å². The third-order valence-corrected chi connectivity index (χ3v) is 4.57. The van der Waals surface area contributed by atoms with Crippen molar-refractivity contribution in [2.24, 2.45) is 5.92 Å². The number of carbonyl (C=O) groups excluding carboxylic acids is 1. The first-order valence-electron chi connectivity index (χ1n) is 6.92. The van der Waals surface area contributed by atoms with Gasteiger partial charge in [0, 0.05) is 42.2 Å². The number of carbonyl (C=O) groups is 1. The average Bonchev–Trinajstić information content (AvgIpc) is 2.81. The molecule has 2 heterocycles. The van der Waals surface area contributed by atoms with Crippen molar-refractivity contribution >= 4 is 22.9 Å². The molecule has 0 aliphatic carbocycles. The largest absolute Gasteiger partial charge is 0.398 e. The number of nitrogens with two attached hydrogens (primary N) is 1. The molecule has 0 spiro atoms. The van der Waals surface area contributed by atoms with E-state index in [1.807, 2.05) is 30.2 Å². The molecule has 1 aliphatic heterocycles. The SMILES string of the molecule is CC(C)C(=O)N1CCC(NCc2sccc2N)CC1. The second-order valence-electron chi connectivity index (χ2n) is 5.43. The lowest BCUT2D eigenvalue weighted by molar-refractivity contribution is -0.135. The third-order valence-electron chi connectivity index (χ3n) is 3.63. The maximum Gasteiger partial charge on any atom is 0.225 e. The van der Waals surface area contributed by atoms with Crippen molar-refractivity contribution in [3.63, 3.8) is 0 Å². The van der Waals surface area contributed by atoms with Crippen molar-refractivity contribution in [3.05, 3.63) is 16.3 Å². The Morgan fingerprint density at radius 3 is 2.74 bits per heavy atom. The van der Waals surface area contributed by atoms with Crippen molar-refractivity contribution in [1.82, 2.24) is 10.2 Å². The molecule has 0 aromatic carbocycles. The Kier molecular flexibility index (Phi) is 4.82. The highest BCUT2D eigenvalue weighted by atomic mass is 32.1. The maximum atomic E-state index is 11.9. The third kappa shape index (κ3) is 3.70. The van der Waals surface area contributed by atoms with Crippen LogP contribution >= 0.6 is 11.3 Å². The van der Waals surface area contributed by atoms with Gasteiger partial charge in [0.15, 0.2) is 0 Å². The van der Waals surface area contributed by atoms with Crippen LogP contribution in [0.5, 0.6) is 0 Å². The van der Waals surface area contributed by atoms with E-state index in [-0.39, 0.29) is 11.8 Å². The molecule has 0 radical (unpaired) electrons. The molecule has 0 bridgehead atoms. The Bertz CT molecular complexity index is 422. The first kappa shape index (κ1) is 14.3. The smallest absolute Gasteiger partial charge is 0.225 e. The summed E-state index contributed by atoms with van der Waals surface area (Å²) in [5.74, 6) is 0.386. The van der Waals surface area contributed by atoms with Crippen LogP contribution in [0.15, 0.2) is 11.4 Å². The lowest BCUT2D eigenvalue weighted by Crippen LogP contribution is -2.45. The van der Waals surface area contributed by atoms with Crippen LogP contribution in [0.2, 0.25) is 0 Å². The highest BCUT2D eigenvalue weighted by Crippen LogP contribution is 2.20. The van der Waals surface area contributed by atoms with Crippen LogP contribution in [0.4, 0.5) is 5.69 Å². The molecule has 1 aromatic rings.